The maximum Gasteiger partial charge on any atom is 0.256 e. The van der Waals surface area contributed by atoms with E-state index >= 15 is 0 Å². The van der Waals surface area contributed by atoms with E-state index in [1.165, 1.54) is 5.69 Å². The fourth-order valence-electron chi connectivity index (χ4n) is 6.51. The van der Waals surface area contributed by atoms with Crippen LogP contribution in [0.3, 0.4) is 0 Å². The Kier molecular flexibility index (Phi) is 6.35. The SMILES string of the molecule is O=C(c1cccc2[nH]c(C3(NS(=O)(=O)c4ccccc4)CC3)nc12)N1CCC2(CC1)CCN(c1ccncc1)CC2. The van der Waals surface area contributed by atoms with Gasteiger partial charge in [0.25, 0.3) is 5.91 Å². The molecule has 1 aliphatic carbocycles. The smallest absolute Gasteiger partial charge is 0.256 e. The van der Waals surface area contributed by atoms with Crippen molar-refractivity contribution < 1.29 is 13.2 Å². The molecule has 3 aliphatic rings. The minimum absolute atomic E-state index is 0.00700. The number of amides is 1. The molecular formula is C31H34N6O3S. The number of fused-ring (bicyclic) bond motifs is 1. The topological polar surface area (TPSA) is 111 Å². The lowest BCUT2D eigenvalue weighted by Crippen LogP contribution is -2.48. The van der Waals surface area contributed by atoms with Crippen molar-refractivity contribution in [2.75, 3.05) is 31.1 Å². The van der Waals surface area contributed by atoms with Gasteiger partial charge in [-0.1, -0.05) is 24.3 Å². The first-order valence-corrected chi connectivity index (χ1v) is 15.9. The minimum atomic E-state index is -3.71. The number of sulfonamides is 1. The van der Waals surface area contributed by atoms with E-state index in [2.05, 4.69) is 31.7 Å². The molecule has 2 aromatic carbocycles. The molecule has 212 valence electrons. The lowest BCUT2D eigenvalue weighted by Gasteiger charge is -2.47. The van der Waals surface area contributed by atoms with E-state index in [4.69, 9.17) is 4.98 Å². The van der Waals surface area contributed by atoms with Crippen molar-refractivity contribution >= 4 is 32.7 Å². The summed E-state index contributed by atoms with van der Waals surface area (Å²) in [5, 5.41) is 0. The summed E-state index contributed by atoms with van der Waals surface area (Å²) in [7, 11) is -3.71. The number of carbonyl (C=O) groups is 1. The fraction of sp³-hybridized carbons (Fsp3) is 0.387. The number of H-pyrrole nitrogens is 1. The van der Waals surface area contributed by atoms with Crippen molar-refractivity contribution in [3.63, 3.8) is 0 Å². The van der Waals surface area contributed by atoms with Crippen molar-refractivity contribution in [1.82, 2.24) is 24.6 Å². The second kappa shape index (κ2) is 9.95. The van der Waals surface area contributed by atoms with Crippen molar-refractivity contribution in [1.29, 1.82) is 0 Å². The Morgan fingerprint density at radius 1 is 0.829 bits per heavy atom. The van der Waals surface area contributed by atoms with Crippen LogP contribution in [-0.4, -0.2) is 60.4 Å². The third-order valence-electron chi connectivity index (χ3n) is 9.29. The minimum Gasteiger partial charge on any atom is -0.371 e. The van der Waals surface area contributed by atoms with Crippen LogP contribution in [-0.2, 0) is 15.6 Å². The lowest BCUT2D eigenvalue weighted by molar-refractivity contribution is 0.0516. The molecule has 0 unspecified atom stereocenters. The number of para-hydroxylation sites is 1. The number of piperidine rings is 2. The summed E-state index contributed by atoms with van der Waals surface area (Å²) < 4.78 is 29.0. The molecule has 2 saturated heterocycles. The summed E-state index contributed by atoms with van der Waals surface area (Å²) in [6.45, 7) is 3.54. The van der Waals surface area contributed by atoms with Gasteiger partial charge in [-0.2, -0.15) is 4.72 Å². The first-order valence-electron chi connectivity index (χ1n) is 14.4. The average Bonchev–Trinajstić information content (AvgIpc) is 3.64. The highest BCUT2D eigenvalue weighted by Gasteiger charge is 2.50. The van der Waals surface area contributed by atoms with Crippen LogP contribution in [0.4, 0.5) is 5.69 Å². The Hall–Kier alpha value is -3.76. The second-order valence-corrected chi connectivity index (χ2v) is 13.5. The van der Waals surface area contributed by atoms with Gasteiger partial charge in [-0.05, 0) is 80.3 Å². The molecule has 7 rings (SSSR count). The van der Waals surface area contributed by atoms with Crippen LogP contribution in [0.25, 0.3) is 11.0 Å². The van der Waals surface area contributed by atoms with Crippen LogP contribution in [0.2, 0.25) is 0 Å². The molecule has 1 amide bonds. The Bertz CT molecular complexity index is 1670. The first kappa shape index (κ1) is 26.2. The van der Waals surface area contributed by atoms with Crippen LogP contribution in [0.15, 0.2) is 78.0 Å². The molecular weight excluding hydrogens is 536 g/mol. The molecule has 0 atom stereocenters. The van der Waals surface area contributed by atoms with Gasteiger partial charge in [0, 0.05) is 44.3 Å². The van der Waals surface area contributed by atoms with E-state index in [0.29, 0.717) is 35.2 Å². The number of aromatic amines is 1. The second-order valence-electron chi connectivity index (χ2n) is 11.8. The summed E-state index contributed by atoms with van der Waals surface area (Å²) in [5.41, 5.74) is 2.65. The van der Waals surface area contributed by atoms with Crippen molar-refractivity contribution in [2.45, 2.75) is 49.0 Å². The lowest BCUT2D eigenvalue weighted by atomic mass is 9.71. The summed E-state index contributed by atoms with van der Waals surface area (Å²) in [5.74, 6) is 0.554. The number of anilines is 1. The Morgan fingerprint density at radius 2 is 1.51 bits per heavy atom. The largest absolute Gasteiger partial charge is 0.371 e. The monoisotopic (exact) mass is 570 g/mol. The van der Waals surface area contributed by atoms with Gasteiger partial charge in [0.1, 0.15) is 11.3 Å². The van der Waals surface area contributed by atoms with Gasteiger partial charge in [-0.25, -0.2) is 13.4 Å². The van der Waals surface area contributed by atoms with Gasteiger partial charge in [-0.15, -0.1) is 0 Å². The highest BCUT2D eigenvalue weighted by molar-refractivity contribution is 7.89. The van der Waals surface area contributed by atoms with E-state index in [9.17, 15) is 13.2 Å². The predicted molar refractivity (Wildman–Crippen MR) is 157 cm³/mol. The number of nitrogens with one attached hydrogen (secondary N) is 2. The van der Waals surface area contributed by atoms with Crippen LogP contribution in [0.5, 0.6) is 0 Å². The number of pyridine rings is 1. The third kappa shape index (κ3) is 4.89. The molecule has 0 bridgehead atoms. The molecule has 4 heterocycles. The molecule has 3 fully saturated rings. The van der Waals surface area contributed by atoms with Gasteiger partial charge >= 0.3 is 0 Å². The number of nitrogens with zero attached hydrogens (tertiary/aromatic N) is 4. The van der Waals surface area contributed by atoms with Gasteiger partial charge < -0.3 is 14.8 Å². The molecule has 2 N–H and O–H groups in total. The highest BCUT2D eigenvalue weighted by atomic mass is 32.2. The molecule has 0 radical (unpaired) electrons. The first-order chi connectivity index (χ1) is 19.9. The van der Waals surface area contributed by atoms with Crippen LogP contribution >= 0.6 is 0 Å². The number of benzene rings is 2. The van der Waals surface area contributed by atoms with Gasteiger partial charge in [0.05, 0.1) is 21.5 Å². The number of carbonyl (C=O) groups excluding carboxylic acids is 1. The number of rotatable bonds is 6. The van der Waals surface area contributed by atoms with Crippen LogP contribution < -0.4 is 9.62 Å². The Labute approximate surface area is 240 Å². The molecule has 9 nitrogen and oxygen atoms in total. The van der Waals surface area contributed by atoms with Crippen LogP contribution in [0, 0.1) is 5.41 Å². The summed E-state index contributed by atoms with van der Waals surface area (Å²) >= 11 is 0. The van der Waals surface area contributed by atoms with E-state index in [0.717, 1.165) is 57.4 Å². The standard InChI is InChI=1S/C31H34N6O3S/c38-28(37-21-15-30(16-22-37)13-19-36(20-14-30)23-9-17-32-18-10-23)25-7-4-8-26-27(25)34-29(33-26)31(11-12-31)35-41(39,40)24-5-2-1-3-6-24/h1-10,17-18,35H,11-16,19-22H2,(H,33,34). The van der Waals surface area contributed by atoms with Gasteiger partial charge in [0.15, 0.2) is 0 Å². The van der Waals surface area contributed by atoms with Crippen molar-refractivity contribution in [3.05, 3.63) is 84.4 Å². The molecule has 1 spiro atoms. The zero-order valence-electron chi connectivity index (χ0n) is 22.9. The molecule has 1 saturated carbocycles. The number of imidazole rings is 1. The Balaban J connectivity index is 1.05. The van der Waals surface area contributed by atoms with Gasteiger partial charge in [0.2, 0.25) is 10.0 Å². The fourth-order valence-corrected chi connectivity index (χ4v) is 7.96. The number of hydrogen-bond acceptors (Lipinski definition) is 6. The van der Waals surface area contributed by atoms with E-state index in [1.807, 2.05) is 35.5 Å². The summed E-state index contributed by atoms with van der Waals surface area (Å²) in [4.78, 5) is 30.7. The summed E-state index contributed by atoms with van der Waals surface area (Å²) in [6.07, 6.45) is 9.28. The number of likely N-dealkylation sites (tertiary alicyclic amines) is 1. The molecule has 2 aliphatic heterocycles. The van der Waals surface area contributed by atoms with Crippen LogP contribution in [0.1, 0.15) is 54.7 Å². The normalized spacial score (nSPS) is 19.9. The number of aromatic nitrogens is 3. The number of hydrogen-bond donors (Lipinski definition) is 2. The predicted octanol–water partition coefficient (Wildman–Crippen LogP) is 4.45. The third-order valence-corrected chi connectivity index (χ3v) is 10.8. The Morgan fingerprint density at radius 3 is 2.20 bits per heavy atom. The highest BCUT2D eigenvalue weighted by Crippen LogP contribution is 2.46. The van der Waals surface area contributed by atoms with Crippen molar-refractivity contribution in [3.8, 4) is 0 Å². The maximum atomic E-state index is 13.8. The zero-order chi connectivity index (χ0) is 28.1. The van der Waals surface area contributed by atoms with Gasteiger partial charge in [-0.3, -0.25) is 9.78 Å². The molecule has 2 aromatic heterocycles. The van der Waals surface area contributed by atoms with E-state index < -0.39 is 15.6 Å². The molecule has 4 aromatic rings. The van der Waals surface area contributed by atoms with E-state index in [-0.39, 0.29) is 10.8 Å². The average molecular weight is 571 g/mol. The summed E-state index contributed by atoms with van der Waals surface area (Å²) in [6, 6.07) is 18.1. The zero-order valence-corrected chi connectivity index (χ0v) is 23.7. The maximum absolute atomic E-state index is 13.8. The van der Waals surface area contributed by atoms with Crippen molar-refractivity contribution in [2.24, 2.45) is 5.41 Å². The molecule has 41 heavy (non-hydrogen) atoms. The molecule has 10 heteroatoms. The van der Waals surface area contributed by atoms with E-state index in [1.54, 1.807) is 30.3 Å². The quantitative estimate of drug-likeness (QED) is 0.354.